The fraction of sp³-hybridized carbons (Fsp3) is 0.273. The van der Waals surface area contributed by atoms with Gasteiger partial charge in [-0.1, -0.05) is 49.0 Å². The molecule has 3 rings (SSSR count). The van der Waals surface area contributed by atoms with Crippen molar-refractivity contribution >= 4 is 34.1 Å². The topological polar surface area (TPSA) is 78.7 Å². The summed E-state index contributed by atoms with van der Waals surface area (Å²) in [5.41, 5.74) is 5.21. The van der Waals surface area contributed by atoms with Gasteiger partial charge in [0.25, 0.3) is 0 Å². The zero-order chi connectivity index (χ0) is 21.0. The number of hydrogen-bond acceptors (Lipinski definition) is 6. The Bertz CT molecular complexity index is 1070. The van der Waals surface area contributed by atoms with Gasteiger partial charge in [-0.15, -0.1) is 11.3 Å². The van der Waals surface area contributed by atoms with Gasteiger partial charge in [0.15, 0.2) is 5.13 Å². The molecule has 2 aromatic heterocycles. The highest BCUT2D eigenvalue weighted by Crippen LogP contribution is 2.32. The van der Waals surface area contributed by atoms with Gasteiger partial charge in [-0.3, -0.25) is 4.79 Å². The lowest BCUT2D eigenvalue weighted by molar-refractivity contribution is -0.115. The third kappa shape index (κ3) is 4.66. The molecular formula is C22H22N4OS2. The number of hydrogen-bond donors (Lipinski definition) is 1. The molecule has 1 amide bonds. The predicted octanol–water partition coefficient (Wildman–Crippen LogP) is 5.51. The van der Waals surface area contributed by atoms with Crippen LogP contribution >= 0.6 is 23.1 Å². The second-order valence-electron chi connectivity index (χ2n) is 6.65. The van der Waals surface area contributed by atoms with Crippen LogP contribution in [0.15, 0.2) is 40.7 Å². The van der Waals surface area contributed by atoms with E-state index in [1.807, 2.05) is 63.4 Å². The summed E-state index contributed by atoms with van der Waals surface area (Å²) >= 11 is 2.74. The van der Waals surface area contributed by atoms with Crippen LogP contribution in [0, 0.1) is 32.1 Å². The Morgan fingerprint density at radius 3 is 2.59 bits per heavy atom. The van der Waals surface area contributed by atoms with Crippen LogP contribution in [0.2, 0.25) is 0 Å². The van der Waals surface area contributed by atoms with Crippen molar-refractivity contribution in [3.63, 3.8) is 0 Å². The van der Waals surface area contributed by atoms with Crippen LogP contribution in [0.5, 0.6) is 0 Å². The predicted molar refractivity (Wildman–Crippen MR) is 119 cm³/mol. The van der Waals surface area contributed by atoms with Crippen LogP contribution in [-0.2, 0) is 4.79 Å². The first kappa shape index (κ1) is 21.0. The Kier molecular flexibility index (Phi) is 6.68. The van der Waals surface area contributed by atoms with Crippen molar-refractivity contribution in [1.29, 1.82) is 5.26 Å². The maximum atomic E-state index is 12.9. The highest BCUT2D eigenvalue weighted by atomic mass is 32.2. The zero-order valence-electron chi connectivity index (χ0n) is 16.8. The number of pyridine rings is 1. The molecule has 1 atom stereocenters. The number of carbonyl (C=O) groups excluding carboxylic acids is 1. The van der Waals surface area contributed by atoms with E-state index in [2.05, 4.69) is 21.4 Å². The summed E-state index contributed by atoms with van der Waals surface area (Å²) in [6.45, 7) is 7.77. The van der Waals surface area contributed by atoms with Crippen molar-refractivity contribution in [3.05, 3.63) is 58.1 Å². The van der Waals surface area contributed by atoms with Gasteiger partial charge in [0.05, 0.1) is 16.5 Å². The highest BCUT2D eigenvalue weighted by Gasteiger charge is 2.23. The van der Waals surface area contributed by atoms with E-state index in [1.165, 1.54) is 23.1 Å². The van der Waals surface area contributed by atoms with E-state index in [-0.39, 0.29) is 11.2 Å². The number of rotatable bonds is 6. The molecule has 0 aliphatic rings. The minimum Gasteiger partial charge on any atom is -0.301 e. The molecule has 0 fully saturated rings. The van der Waals surface area contributed by atoms with E-state index in [9.17, 15) is 10.1 Å². The summed E-state index contributed by atoms with van der Waals surface area (Å²) in [4.78, 5) is 22.0. The second kappa shape index (κ2) is 9.21. The van der Waals surface area contributed by atoms with Crippen LogP contribution in [0.3, 0.4) is 0 Å². The number of aryl methyl sites for hydroxylation is 1. The van der Waals surface area contributed by atoms with Crippen LogP contribution < -0.4 is 5.32 Å². The van der Waals surface area contributed by atoms with Gasteiger partial charge in [0.1, 0.15) is 11.1 Å². The molecule has 7 heteroatoms. The number of amides is 1. The summed E-state index contributed by atoms with van der Waals surface area (Å²) < 4.78 is 0. The van der Waals surface area contributed by atoms with Gasteiger partial charge in [-0.2, -0.15) is 5.26 Å². The van der Waals surface area contributed by atoms with Crippen LogP contribution in [0.25, 0.3) is 11.3 Å². The van der Waals surface area contributed by atoms with E-state index >= 15 is 0 Å². The lowest BCUT2D eigenvalue weighted by atomic mass is 10.1. The number of benzene rings is 1. The zero-order valence-corrected chi connectivity index (χ0v) is 18.4. The average molecular weight is 423 g/mol. The maximum absolute atomic E-state index is 12.9. The van der Waals surface area contributed by atoms with Gasteiger partial charge in [-0.25, -0.2) is 9.97 Å². The summed E-state index contributed by atoms with van der Waals surface area (Å²) in [5.74, 6) is -0.131. The van der Waals surface area contributed by atoms with Crippen molar-refractivity contribution in [3.8, 4) is 17.3 Å². The van der Waals surface area contributed by atoms with Crippen LogP contribution in [0.1, 0.15) is 35.7 Å². The smallest absolute Gasteiger partial charge is 0.239 e. The number of nitriles is 1. The fourth-order valence-electron chi connectivity index (χ4n) is 2.84. The van der Waals surface area contributed by atoms with Crippen molar-refractivity contribution < 1.29 is 4.79 Å². The molecule has 0 bridgehead atoms. The molecule has 0 spiro atoms. The molecular weight excluding hydrogens is 400 g/mol. The monoisotopic (exact) mass is 422 g/mol. The molecule has 1 N–H and O–H groups in total. The molecule has 29 heavy (non-hydrogen) atoms. The molecule has 2 heterocycles. The van der Waals surface area contributed by atoms with Gasteiger partial charge in [-0.05, 0) is 38.3 Å². The Morgan fingerprint density at radius 1 is 1.21 bits per heavy atom. The Morgan fingerprint density at radius 2 is 1.93 bits per heavy atom. The van der Waals surface area contributed by atoms with E-state index < -0.39 is 0 Å². The number of thiazole rings is 1. The number of nitrogens with one attached hydrogen (secondary N) is 1. The van der Waals surface area contributed by atoms with Crippen molar-refractivity contribution in [2.45, 2.75) is 44.4 Å². The van der Waals surface area contributed by atoms with Crippen molar-refractivity contribution in [1.82, 2.24) is 9.97 Å². The fourth-order valence-corrected chi connectivity index (χ4v) is 4.67. The van der Waals surface area contributed by atoms with E-state index in [4.69, 9.17) is 0 Å². The minimum atomic E-state index is -0.361. The summed E-state index contributed by atoms with van der Waals surface area (Å²) in [6.07, 6.45) is 0.617. The Labute approximate surface area is 179 Å². The molecule has 5 nitrogen and oxygen atoms in total. The number of nitrogens with zero attached hydrogens (tertiary/aromatic N) is 3. The Hall–Kier alpha value is -2.69. The van der Waals surface area contributed by atoms with Crippen molar-refractivity contribution in [2.75, 3.05) is 5.32 Å². The summed E-state index contributed by atoms with van der Waals surface area (Å²) in [7, 11) is 0. The van der Waals surface area contributed by atoms with E-state index in [0.717, 1.165) is 28.1 Å². The van der Waals surface area contributed by atoms with Crippen LogP contribution in [-0.4, -0.2) is 21.1 Å². The first-order valence-corrected chi connectivity index (χ1v) is 11.1. The standard InChI is InChI=1S/C22H22N4OS2/c1-5-19(29-21-17(11-23)14(3)13(2)15(4)24-21)20(27)26-22-25-18(12-28-22)16-9-7-6-8-10-16/h6-10,12,19H,5H2,1-4H3,(H,25,26,27). The third-order valence-corrected chi connectivity index (χ3v) is 6.90. The lowest BCUT2D eigenvalue weighted by Gasteiger charge is -2.16. The quantitative estimate of drug-likeness (QED) is 0.530. The van der Waals surface area contributed by atoms with Gasteiger partial charge in [0, 0.05) is 16.6 Å². The first-order chi connectivity index (χ1) is 13.9. The SMILES string of the molecule is CCC(Sc1nc(C)c(C)c(C)c1C#N)C(=O)Nc1nc(-c2ccccc2)cs1. The molecule has 3 aromatic rings. The lowest BCUT2D eigenvalue weighted by Crippen LogP contribution is -2.25. The molecule has 0 aliphatic carbocycles. The molecule has 1 aromatic carbocycles. The Balaban J connectivity index is 1.77. The first-order valence-electron chi connectivity index (χ1n) is 9.31. The summed E-state index contributed by atoms with van der Waals surface area (Å²) in [5, 5.41) is 15.2. The van der Waals surface area contributed by atoms with Gasteiger partial charge < -0.3 is 5.32 Å². The van der Waals surface area contributed by atoms with Gasteiger partial charge >= 0.3 is 0 Å². The van der Waals surface area contributed by atoms with Crippen molar-refractivity contribution in [2.24, 2.45) is 0 Å². The highest BCUT2D eigenvalue weighted by molar-refractivity contribution is 8.00. The minimum absolute atomic E-state index is 0.131. The van der Waals surface area contributed by atoms with E-state index in [1.54, 1.807) is 0 Å². The third-order valence-electron chi connectivity index (χ3n) is 4.80. The average Bonchev–Trinajstić information content (AvgIpc) is 3.19. The molecule has 1 unspecified atom stereocenters. The number of anilines is 1. The van der Waals surface area contributed by atoms with Gasteiger partial charge in [0.2, 0.25) is 5.91 Å². The van der Waals surface area contributed by atoms with E-state index in [0.29, 0.717) is 22.1 Å². The molecule has 0 radical (unpaired) electrons. The number of aromatic nitrogens is 2. The number of thioether (sulfide) groups is 1. The maximum Gasteiger partial charge on any atom is 0.239 e. The summed E-state index contributed by atoms with van der Waals surface area (Å²) in [6, 6.07) is 12.1. The largest absolute Gasteiger partial charge is 0.301 e. The second-order valence-corrected chi connectivity index (χ2v) is 8.70. The molecule has 148 valence electrons. The molecule has 0 saturated carbocycles. The number of carbonyl (C=O) groups is 1. The molecule has 0 saturated heterocycles. The normalized spacial score (nSPS) is 11.7. The molecule has 0 aliphatic heterocycles. The van der Waals surface area contributed by atoms with Crippen LogP contribution in [0.4, 0.5) is 5.13 Å².